The molecule has 2 amide bonds. The fourth-order valence-corrected chi connectivity index (χ4v) is 2.82. The molecular formula is C20H26N2O2. The molecule has 24 heavy (non-hydrogen) atoms. The van der Waals surface area contributed by atoms with E-state index >= 15 is 0 Å². The van der Waals surface area contributed by atoms with E-state index in [1.807, 2.05) is 56.3 Å². The van der Waals surface area contributed by atoms with Gasteiger partial charge in [0.2, 0.25) is 0 Å². The van der Waals surface area contributed by atoms with E-state index in [1.54, 1.807) is 7.11 Å². The predicted octanol–water partition coefficient (Wildman–Crippen LogP) is 4.00. The first-order valence-electron chi connectivity index (χ1n) is 8.25. The van der Waals surface area contributed by atoms with Gasteiger partial charge in [0.1, 0.15) is 5.75 Å². The van der Waals surface area contributed by atoms with Gasteiger partial charge in [-0.05, 0) is 56.0 Å². The first-order valence-corrected chi connectivity index (χ1v) is 8.25. The predicted molar refractivity (Wildman–Crippen MR) is 97.4 cm³/mol. The van der Waals surface area contributed by atoms with Crippen LogP contribution in [0.1, 0.15) is 36.6 Å². The monoisotopic (exact) mass is 326 g/mol. The number of aryl methyl sites for hydroxylation is 1. The summed E-state index contributed by atoms with van der Waals surface area (Å²) in [5, 5.41) is 6.00. The molecule has 0 aliphatic rings. The number of carbonyl (C=O) groups is 1. The summed E-state index contributed by atoms with van der Waals surface area (Å²) >= 11 is 0. The Morgan fingerprint density at radius 2 is 1.83 bits per heavy atom. The minimum atomic E-state index is -0.152. The van der Waals surface area contributed by atoms with Crippen molar-refractivity contribution < 1.29 is 9.53 Å². The molecule has 2 atom stereocenters. The number of ether oxygens (including phenoxy) is 1. The molecule has 0 saturated heterocycles. The van der Waals surface area contributed by atoms with Crippen molar-refractivity contribution in [2.75, 3.05) is 7.11 Å². The average Bonchev–Trinajstić information content (AvgIpc) is 2.55. The van der Waals surface area contributed by atoms with Crippen molar-refractivity contribution in [1.29, 1.82) is 0 Å². The zero-order chi connectivity index (χ0) is 17.5. The summed E-state index contributed by atoms with van der Waals surface area (Å²) in [5.74, 6) is 0.831. The van der Waals surface area contributed by atoms with Crippen LogP contribution in [0.3, 0.4) is 0 Å². The van der Waals surface area contributed by atoms with Gasteiger partial charge < -0.3 is 15.4 Å². The topological polar surface area (TPSA) is 50.4 Å². The molecular weight excluding hydrogens is 300 g/mol. The van der Waals surface area contributed by atoms with E-state index in [2.05, 4.69) is 23.6 Å². The summed E-state index contributed by atoms with van der Waals surface area (Å²) in [7, 11) is 1.65. The molecule has 0 aliphatic heterocycles. The Labute approximate surface area is 144 Å². The standard InChI is InChI=1S/C20H26N2O2/c1-14-8-5-6-11-19(14)16(3)22-20(23)21-15(2)12-17-9-7-10-18(13-17)24-4/h5-11,13,15-16H,12H2,1-4H3,(H2,21,22,23). The van der Waals surface area contributed by atoms with Crippen molar-refractivity contribution in [1.82, 2.24) is 10.6 Å². The summed E-state index contributed by atoms with van der Waals surface area (Å²) < 4.78 is 5.23. The lowest BCUT2D eigenvalue weighted by Crippen LogP contribution is -2.42. The first kappa shape index (κ1) is 17.9. The smallest absolute Gasteiger partial charge is 0.315 e. The molecule has 0 radical (unpaired) electrons. The molecule has 2 N–H and O–H groups in total. The van der Waals surface area contributed by atoms with Crippen molar-refractivity contribution in [3.63, 3.8) is 0 Å². The maximum atomic E-state index is 12.2. The Morgan fingerprint density at radius 3 is 2.54 bits per heavy atom. The van der Waals surface area contributed by atoms with Gasteiger partial charge in [-0.25, -0.2) is 4.79 Å². The van der Waals surface area contributed by atoms with Crippen LogP contribution in [0.15, 0.2) is 48.5 Å². The average molecular weight is 326 g/mol. The van der Waals surface area contributed by atoms with E-state index in [4.69, 9.17) is 4.74 Å². The summed E-state index contributed by atoms with van der Waals surface area (Å²) in [6.45, 7) is 6.04. The molecule has 0 spiro atoms. The summed E-state index contributed by atoms with van der Waals surface area (Å²) in [6, 6.07) is 15.8. The van der Waals surface area contributed by atoms with Gasteiger partial charge >= 0.3 is 6.03 Å². The lowest BCUT2D eigenvalue weighted by Gasteiger charge is -2.20. The Hall–Kier alpha value is -2.49. The fourth-order valence-electron chi connectivity index (χ4n) is 2.82. The van der Waals surface area contributed by atoms with Gasteiger partial charge in [0.25, 0.3) is 0 Å². The molecule has 0 heterocycles. The SMILES string of the molecule is COc1cccc(CC(C)NC(=O)NC(C)c2ccccc2C)c1. The molecule has 0 fully saturated rings. The number of methoxy groups -OCH3 is 1. The van der Waals surface area contributed by atoms with Gasteiger partial charge in [0.05, 0.1) is 13.2 Å². The van der Waals surface area contributed by atoms with Crippen molar-refractivity contribution in [3.05, 3.63) is 65.2 Å². The maximum Gasteiger partial charge on any atom is 0.315 e. The maximum absolute atomic E-state index is 12.2. The molecule has 0 aliphatic carbocycles. The van der Waals surface area contributed by atoms with Crippen LogP contribution in [0.4, 0.5) is 4.79 Å². The molecule has 4 nitrogen and oxygen atoms in total. The highest BCUT2D eigenvalue weighted by Crippen LogP contribution is 2.17. The number of benzene rings is 2. The van der Waals surface area contributed by atoms with Crippen molar-refractivity contribution >= 4 is 6.03 Å². The van der Waals surface area contributed by atoms with Crippen LogP contribution in [-0.4, -0.2) is 19.2 Å². The molecule has 4 heteroatoms. The molecule has 0 bridgehead atoms. The Bertz CT molecular complexity index is 685. The van der Waals surface area contributed by atoms with Gasteiger partial charge in [-0.1, -0.05) is 36.4 Å². The van der Waals surface area contributed by atoms with Crippen molar-refractivity contribution in [2.24, 2.45) is 0 Å². The first-order chi connectivity index (χ1) is 11.5. The van der Waals surface area contributed by atoms with E-state index in [1.165, 1.54) is 5.56 Å². The number of rotatable bonds is 6. The van der Waals surface area contributed by atoms with Gasteiger partial charge in [0.15, 0.2) is 0 Å². The molecule has 2 unspecified atom stereocenters. The van der Waals surface area contributed by atoms with Crippen LogP contribution in [0.25, 0.3) is 0 Å². The van der Waals surface area contributed by atoms with Crippen molar-refractivity contribution in [3.8, 4) is 5.75 Å². The van der Waals surface area contributed by atoms with Gasteiger partial charge in [0, 0.05) is 6.04 Å². The van der Waals surface area contributed by atoms with Gasteiger partial charge in [-0.15, -0.1) is 0 Å². The van der Waals surface area contributed by atoms with Crippen LogP contribution >= 0.6 is 0 Å². The zero-order valence-electron chi connectivity index (χ0n) is 14.8. The van der Waals surface area contributed by atoms with Crippen LogP contribution in [0.5, 0.6) is 5.75 Å². The second-order valence-electron chi connectivity index (χ2n) is 6.15. The highest BCUT2D eigenvalue weighted by Gasteiger charge is 2.13. The lowest BCUT2D eigenvalue weighted by atomic mass is 10.0. The Kier molecular flexibility index (Phi) is 6.24. The number of amides is 2. The zero-order valence-corrected chi connectivity index (χ0v) is 14.8. The van der Waals surface area contributed by atoms with E-state index in [9.17, 15) is 4.79 Å². The normalized spacial score (nSPS) is 13.0. The second-order valence-corrected chi connectivity index (χ2v) is 6.15. The van der Waals surface area contributed by atoms with E-state index in [0.29, 0.717) is 0 Å². The van der Waals surface area contributed by atoms with E-state index in [-0.39, 0.29) is 18.1 Å². The Balaban J connectivity index is 1.88. The molecule has 128 valence electrons. The van der Waals surface area contributed by atoms with Gasteiger partial charge in [-0.3, -0.25) is 0 Å². The van der Waals surface area contributed by atoms with Crippen molar-refractivity contribution in [2.45, 2.75) is 39.3 Å². The molecule has 0 aromatic heterocycles. The fraction of sp³-hybridized carbons (Fsp3) is 0.350. The Morgan fingerprint density at radius 1 is 1.08 bits per heavy atom. The third kappa shape index (κ3) is 5.01. The molecule has 2 rings (SSSR count). The number of carbonyl (C=O) groups excluding carboxylic acids is 1. The largest absolute Gasteiger partial charge is 0.497 e. The molecule has 2 aromatic rings. The summed E-state index contributed by atoms with van der Waals surface area (Å²) in [4.78, 5) is 12.2. The number of hydrogen-bond donors (Lipinski definition) is 2. The lowest BCUT2D eigenvalue weighted by molar-refractivity contribution is 0.234. The minimum Gasteiger partial charge on any atom is -0.497 e. The number of urea groups is 1. The van der Waals surface area contributed by atoms with Gasteiger partial charge in [-0.2, -0.15) is 0 Å². The third-order valence-corrected chi connectivity index (χ3v) is 4.06. The van der Waals surface area contributed by atoms with Crippen LogP contribution in [-0.2, 0) is 6.42 Å². The van der Waals surface area contributed by atoms with E-state index in [0.717, 1.165) is 23.3 Å². The minimum absolute atomic E-state index is 0.0289. The number of hydrogen-bond acceptors (Lipinski definition) is 2. The third-order valence-electron chi connectivity index (χ3n) is 4.06. The second kappa shape index (κ2) is 8.39. The quantitative estimate of drug-likeness (QED) is 0.843. The van der Waals surface area contributed by atoms with E-state index < -0.39 is 0 Å². The molecule has 2 aromatic carbocycles. The summed E-state index contributed by atoms with van der Waals surface area (Å²) in [5.41, 5.74) is 3.44. The molecule has 0 saturated carbocycles. The highest BCUT2D eigenvalue weighted by molar-refractivity contribution is 5.74. The van der Waals surface area contributed by atoms with Crippen LogP contribution in [0, 0.1) is 6.92 Å². The highest BCUT2D eigenvalue weighted by atomic mass is 16.5. The van der Waals surface area contributed by atoms with Crippen LogP contribution in [0.2, 0.25) is 0 Å². The van der Waals surface area contributed by atoms with Crippen LogP contribution < -0.4 is 15.4 Å². The number of nitrogens with one attached hydrogen (secondary N) is 2. The summed E-state index contributed by atoms with van der Waals surface area (Å²) in [6.07, 6.45) is 0.753.